The zero-order chi connectivity index (χ0) is 17.4. The van der Waals surface area contributed by atoms with Gasteiger partial charge >= 0.3 is 5.97 Å². The monoisotopic (exact) mass is 329 g/mol. The largest absolute Gasteiger partial charge is 0.479 e. The normalized spacial score (nSPS) is 21.6. The van der Waals surface area contributed by atoms with Crippen LogP contribution in [0.4, 0.5) is 0 Å². The number of rotatable bonds is 6. The van der Waals surface area contributed by atoms with Gasteiger partial charge in [0.25, 0.3) is 0 Å². The summed E-state index contributed by atoms with van der Waals surface area (Å²) < 4.78 is 0. The fourth-order valence-electron chi connectivity index (χ4n) is 3.26. The summed E-state index contributed by atoms with van der Waals surface area (Å²) in [6.07, 6.45) is 4.25. The van der Waals surface area contributed by atoms with Crippen molar-refractivity contribution in [1.29, 1.82) is 0 Å². The van der Waals surface area contributed by atoms with Crippen LogP contribution in [0.25, 0.3) is 0 Å². The van der Waals surface area contributed by atoms with E-state index in [1.165, 1.54) is 18.4 Å². The van der Waals surface area contributed by atoms with Crippen molar-refractivity contribution >= 4 is 5.97 Å². The van der Waals surface area contributed by atoms with Gasteiger partial charge in [0.1, 0.15) is 0 Å². The molecule has 0 amide bonds. The maximum atomic E-state index is 10.8. The molecule has 0 radical (unpaired) electrons. The summed E-state index contributed by atoms with van der Waals surface area (Å²) in [5, 5.41) is 21.6. The number of aliphatic hydroxyl groups excluding tert-OH is 1. The molecule has 0 saturated heterocycles. The molecule has 1 aromatic carbocycles. The molecule has 1 atom stereocenters. The van der Waals surface area contributed by atoms with Crippen LogP contribution in [0.3, 0.4) is 0 Å². The van der Waals surface area contributed by atoms with Gasteiger partial charge in [0.15, 0.2) is 6.10 Å². The lowest BCUT2D eigenvalue weighted by Gasteiger charge is -2.28. The maximum absolute atomic E-state index is 10.8. The van der Waals surface area contributed by atoms with Gasteiger partial charge in [-0.3, -0.25) is 0 Å². The van der Waals surface area contributed by atoms with Gasteiger partial charge in [-0.1, -0.05) is 37.1 Å². The molecule has 0 bridgehead atoms. The van der Waals surface area contributed by atoms with Crippen LogP contribution in [-0.2, 0) is 4.79 Å². The lowest BCUT2D eigenvalue weighted by Crippen LogP contribution is -2.14. The fraction of sp³-hybridized carbons (Fsp3) is 0.550. The molecule has 1 saturated carbocycles. The summed E-state index contributed by atoms with van der Waals surface area (Å²) >= 11 is 0. The number of hydrogen-bond acceptors (Lipinski definition) is 3. The van der Waals surface area contributed by atoms with Crippen molar-refractivity contribution in [2.45, 2.75) is 51.0 Å². The molecule has 2 rings (SSSR count). The lowest BCUT2D eigenvalue weighted by molar-refractivity contribution is -0.146. The minimum atomic E-state index is -1.43. The fourth-order valence-corrected chi connectivity index (χ4v) is 3.26. The topological polar surface area (TPSA) is 69.6 Å². The van der Waals surface area contributed by atoms with Crippen molar-refractivity contribution in [3.63, 3.8) is 0 Å². The van der Waals surface area contributed by atoms with Crippen LogP contribution in [0.1, 0.15) is 62.2 Å². The van der Waals surface area contributed by atoms with Crippen LogP contribution < -0.4 is 5.32 Å². The number of benzene rings is 1. The van der Waals surface area contributed by atoms with E-state index in [1.807, 2.05) is 12.1 Å². The zero-order valence-electron chi connectivity index (χ0n) is 14.3. The predicted octanol–water partition coefficient (Wildman–Crippen LogP) is 3.08. The highest BCUT2D eigenvalue weighted by molar-refractivity contribution is 5.73. The first-order chi connectivity index (χ1) is 11.6. The highest BCUT2D eigenvalue weighted by Gasteiger charge is 2.22. The van der Waals surface area contributed by atoms with Crippen molar-refractivity contribution in [2.75, 3.05) is 13.1 Å². The van der Waals surface area contributed by atoms with Gasteiger partial charge in [0.05, 0.1) is 6.54 Å². The highest BCUT2D eigenvalue weighted by atomic mass is 16.4. The van der Waals surface area contributed by atoms with E-state index in [1.54, 1.807) is 12.1 Å². The van der Waals surface area contributed by atoms with Gasteiger partial charge in [-0.05, 0) is 55.2 Å². The van der Waals surface area contributed by atoms with E-state index in [-0.39, 0.29) is 0 Å². The number of carboxylic acid groups (broad SMARTS) is 1. The Morgan fingerprint density at radius 2 is 1.88 bits per heavy atom. The van der Waals surface area contributed by atoms with E-state index in [4.69, 9.17) is 5.11 Å². The van der Waals surface area contributed by atoms with Crippen LogP contribution in [-0.4, -0.2) is 29.3 Å². The van der Waals surface area contributed by atoms with E-state index < -0.39 is 12.1 Å². The molecule has 0 unspecified atom stereocenters. The third-order valence-corrected chi connectivity index (χ3v) is 4.78. The third-order valence-electron chi connectivity index (χ3n) is 4.78. The van der Waals surface area contributed by atoms with Crippen LogP contribution in [0.2, 0.25) is 0 Å². The SMILES string of the molecule is CCNCC#CCC1CCC(c2ccc([C@@H](O)C(=O)O)cc2)CC1. The Bertz CT molecular complexity index is 577. The smallest absolute Gasteiger partial charge is 0.337 e. The van der Waals surface area contributed by atoms with Gasteiger partial charge in [-0.2, -0.15) is 0 Å². The maximum Gasteiger partial charge on any atom is 0.337 e. The number of aliphatic carboxylic acids is 1. The van der Waals surface area contributed by atoms with Gasteiger partial charge < -0.3 is 15.5 Å². The summed E-state index contributed by atoms with van der Waals surface area (Å²) in [4.78, 5) is 10.8. The van der Waals surface area contributed by atoms with Crippen molar-refractivity contribution in [3.8, 4) is 11.8 Å². The molecule has 1 aliphatic rings. The molecule has 1 fully saturated rings. The van der Waals surface area contributed by atoms with Gasteiger partial charge in [-0.25, -0.2) is 4.79 Å². The Balaban J connectivity index is 1.81. The first-order valence-electron chi connectivity index (χ1n) is 8.79. The standard InChI is InChI=1S/C20H27NO3/c1-2-21-14-4-3-5-15-6-8-16(9-7-15)17-10-12-18(13-11-17)19(22)20(23)24/h10-13,15-16,19,21-22H,2,5-9,14H2,1H3,(H,23,24)/t15?,16?,19-/m1/s1. The second-order valence-electron chi connectivity index (χ2n) is 6.46. The van der Waals surface area contributed by atoms with Crippen molar-refractivity contribution in [1.82, 2.24) is 5.32 Å². The molecule has 1 aromatic rings. The average molecular weight is 329 g/mol. The second kappa shape index (κ2) is 9.46. The summed E-state index contributed by atoms with van der Waals surface area (Å²) in [6, 6.07) is 7.38. The van der Waals surface area contributed by atoms with Crippen LogP contribution in [0.15, 0.2) is 24.3 Å². The number of carbonyl (C=O) groups is 1. The van der Waals surface area contributed by atoms with E-state index in [0.29, 0.717) is 17.4 Å². The quantitative estimate of drug-likeness (QED) is 0.554. The molecular formula is C20H27NO3. The summed E-state index contributed by atoms with van der Waals surface area (Å²) in [5.41, 5.74) is 1.68. The number of aliphatic hydroxyl groups is 1. The minimum absolute atomic E-state index is 0.441. The predicted molar refractivity (Wildman–Crippen MR) is 94.7 cm³/mol. The van der Waals surface area contributed by atoms with Gasteiger partial charge in [0.2, 0.25) is 0 Å². The molecule has 0 aromatic heterocycles. The number of carboxylic acids is 1. The summed E-state index contributed by atoms with van der Waals surface area (Å²) in [5.74, 6) is 6.47. The van der Waals surface area contributed by atoms with Crippen molar-refractivity contribution in [3.05, 3.63) is 35.4 Å². The molecule has 1 aliphatic carbocycles. The van der Waals surface area contributed by atoms with Crippen molar-refractivity contribution in [2.24, 2.45) is 5.92 Å². The molecule has 3 N–H and O–H groups in total. The molecule has 0 spiro atoms. The Morgan fingerprint density at radius 3 is 2.46 bits per heavy atom. The Morgan fingerprint density at radius 1 is 1.21 bits per heavy atom. The van der Waals surface area contributed by atoms with E-state index in [9.17, 15) is 9.90 Å². The Kier molecular flexibility index (Phi) is 7.30. The molecule has 24 heavy (non-hydrogen) atoms. The molecule has 0 heterocycles. The van der Waals surface area contributed by atoms with E-state index in [2.05, 4.69) is 24.1 Å². The molecule has 0 aliphatic heterocycles. The first-order valence-corrected chi connectivity index (χ1v) is 8.79. The third kappa shape index (κ3) is 5.36. The number of hydrogen-bond donors (Lipinski definition) is 3. The van der Waals surface area contributed by atoms with Gasteiger partial charge in [-0.15, -0.1) is 5.92 Å². The van der Waals surface area contributed by atoms with Gasteiger partial charge in [0, 0.05) is 6.42 Å². The van der Waals surface area contributed by atoms with Crippen LogP contribution in [0.5, 0.6) is 0 Å². The minimum Gasteiger partial charge on any atom is -0.479 e. The highest BCUT2D eigenvalue weighted by Crippen LogP contribution is 2.37. The molecule has 4 heteroatoms. The summed E-state index contributed by atoms with van der Waals surface area (Å²) in [6.45, 7) is 3.82. The average Bonchev–Trinajstić information content (AvgIpc) is 2.61. The van der Waals surface area contributed by atoms with Crippen LogP contribution >= 0.6 is 0 Å². The Hall–Kier alpha value is -1.83. The van der Waals surface area contributed by atoms with E-state index in [0.717, 1.165) is 32.4 Å². The molecule has 130 valence electrons. The number of nitrogens with one attached hydrogen (secondary N) is 1. The van der Waals surface area contributed by atoms with Crippen LogP contribution in [0, 0.1) is 17.8 Å². The van der Waals surface area contributed by atoms with Crippen molar-refractivity contribution < 1.29 is 15.0 Å². The first kappa shape index (κ1) is 18.5. The summed E-state index contributed by atoms with van der Waals surface area (Å²) in [7, 11) is 0. The van der Waals surface area contributed by atoms with E-state index >= 15 is 0 Å². The Labute approximate surface area is 144 Å². The lowest BCUT2D eigenvalue weighted by atomic mass is 9.77. The molecule has 4 nitrogen and oxygen atoms in total. The second-order valence-corrected chi connectivity index (χ2v) is 6.46. The molecular weight excluding hydrogens is 302 g/mol. The zero-order valence-corrected chi connectivity index (χ0v) is 14.3.